The van der Waals surface area contributed by atoms with E-state index < -0.39 is 25.2 Å². The zero-order valence-electron chi connectivity index (χ0n) is 16.0. The van der Waals surface area contributed by atoms with Gasteiger partial charge in [-0.1, -0.05) is 24.3 Å². The van der Waals surface area contributed by atoms with Crippen LogP contribution in [0.25, 0.3) is 0 Å². The van der Waals surface area contributed by atoms with Crippen molar-refractivity contribution in [1.82, 2.24) is 5.32 Å². The Labute approximate surface area is 149 Å². The molecule has 0 heterocycles. The van der Waals surface area contributed by atoms with E-state index in [0.717, 1.165) is 0 Å². The predicted octanol–water partition coefficient (Wildman–Crippen LogP) is 4.29. The van der Waals surface area contributed by atoms with Crippen LogP contribution in [0, 0.1) is 0 Å². The topological polar surface area (TPSA) is 47.6 Å². The van der Waals surface area contributed by atoms with Crippen molar-refractivity contribution in [2.24, 2.45) is 0 Å². The van der Waals surface area contributed by atoms with Crippen molar-refractivity contribution >= 4 is 31.1 Å². The third-order valence-electron chi connectivity index (χ3n) is 2.85. The summed E-state index contributed by atoms with van der Waals surface area (Å²) in [5.74, 6) is -0.0687. The molecule has 0 saturated heterocycles. The second kappa shape index (κ2) is 8.39. The Balaban J connectivity index is 2.69. The van der Waals surface area contributed by atoms with Crippen LogP contribution in [-0.2, 0) is 8.23 Å². The van der Waals surface area contributed by atoms with Crippen molar-refractivity contribution < 1.29 is 13.0 Å². The van der Waals surface area contributed by atoms with Gasteiger partial charge in [0.15, 0.2) is 16.6 Å². The van der Waals surface area contributed by atoms with Gasteiger partial charge in [0.2, 0.25) is 0 Å². The molecular formula is C17H31NO3Si3. The van der Waals surface area contributed by atoms with E-state index in [9.17, 15) is 4.79 Å². The van der Waals surface area contributed by atoms with Gasteiger partial charge >= 0.3 is 8.56 Å². The highest BCUT2D eigenvalue weighted by Crippen LogP contribution is 2.21. The minimum absolute atomic E-state index is 0.0687. The molecule has 0 aliphatic rings. The van der Waals surface area contributed by atoms with Crippen LogP contribution in [0.4, 0.5) is 0 Å². The number of amides is 1. The summed E-state index contributed by atoms with van der Waals surface area (Å²) in [5.41, 5.74) is 2.73. The molecule has 1 aromatic rings. The normalized spacial score (nSPS) is 13.3. The molecule has 0 unspecified atom stereocenters. The van der Waals surface area contributed by atoms with E-state index in [1.165, 1.54) is 0 Å². The summed E-state index contributed by atoms with van der Waals surface area (Å²) in [6.45, 7) is 15.6. The Kier molecular flexibility index (Phi) is 7.36. The minimum Gasteiger partial charge on any atom is -0.434 e. The monoisotopic (exact) mass is 381 g/mol. The van der Waals surface area contributed by atoms with Gasteiger partial charge in [0.1, 0.15) is 0 Å². The molecule has 0 aliphatic heterocycles. The van der Waals surface area contributed by atoms with Gasteiger partial charge in [0, 0.05) is 12.1 Å². The molecule has 0 spiro atoms. The van der Waals surface area contributed by atoms with Gasteiger partial charge in [-0.2, -0.15) is 0 Å². The summed E-state index contributed by atoms with van der Waals surface area (Å²) in [6.07, 6.45) is 1.97. The number of rotatable bonds is 8. The second-order valence-electron chi connectivity index (χ2n) is 7.92. The molecule has 7 heteroatoms. The number of carbonyl (C=O) groups is 1. The number of nitrogens with one attached hydrogen (secondary N) is 1. The van der Waals surface area contributed by atoms with Crippen molar-refractivity contribution in [3.63, 3.8) is 0 Å². The first kappa shape index (κ1) is 21.0. The third-order valence-corrected chi connectivity index (χ3v) is 11.8. The lowest BCUT2D eigenvalue weighted by atomic mass is 10.2. The molecule has 1 N–H and O–H groups in total. The van der Waals surface area contributed by atoms with Gasteiger partial charge in [0.25, 0.3) is 5.91 Å². The first-order chi connectivity index (χ1) is 10.9. The third kappa shape index (κ3) is 8.74. The Morgan fingerprint density at radius 2 is 1.46 bits per heavy atom. The Hall–Kier alpha value is -0.999. The maximum Gasteiger partial charge on any atom is 0.341 e. The lowest BCUT2D eigenvalue weighted by Crippen LogP contribution is -2.51. The average Bonchev–Trinajstić information content (AvgIpc) is 2.40. The molecule has 0 aromatic heterocycles. The molecular weight excluding hydrogens is 350 g/mol. The summed E-state index contributed by atoms with van der Waals surface area (Å²) in [4.78, 5) is 12.0. The maximum absolute atomic E-state index is 12.0. The molecule has 0 bridgehead atoms. The highest BCUT2D eigenvalue weighted by Gasteiger charge is 2.38. The molecule has 1 aromatic carbocycles. The molecule has 24 heavy (non-hydrogen) atoms. The zero-order chi connectivity index (χ0) is 18.4. The largest absolute Gasteiger partial charge is 0.434 e. The van der Waals surface area contributed by atoms with E-state index in [4.69, 9.17) is 8.23 Å². The number of hydrogen-bond acceptors (Lipinski definition) is 3. The van der Waals surface area contributed by atoms with Crippen LogP contribution in [0.15, 0.2) is 42.1 Å². The second-order valence-corrected chi connectivity index (χ2v) is 20.4. The number of benzene rings is 1. The minimum atomic E-state index is -2.38. The standard InChI is InChI=1S/C17H31NO3Si3/c1-22(2,3)20-24(7,21-23(4,5)6)15-11-14-18-17(19)16-12-9-8-10-13-16/h8-13,15H,14H2,1-7H3,(H,18,19). The van der Waals surface area contributed by atoms with Crippen molar-refractivity contribution in [2.45, 2.75) is 45.8 Å². The molecule has 1 amide bonds. The Bertz CT molecular complexity index is 547. The molecule has 0 atom stereocenters. The van der Waals surface area contributed by atoms with E-state index in [1.54, 1.807) is 12.1 Å². The van der Waals surface area contributed by atoms with Crippen molar-refractivity contribution in [1.29, 1.82) is 0 Å². The van der Waals surface area contributed by atoms with Crippen molar-refractivity contribution in [2.75, 3.05) is 6.54 Å². The predicted molar refractivity (Wildman–Crippen MR) is 108 cm³/mol. The van der Waals surface area contributed by atoms with Crippen LogP contribution >= 0.6 is 0 Å². The first-order valence-electron chi connectivity index (χ1n) is 8.32. The molecule has 0 aliphatic carbocycles. The quantitative estimate of drug-likeness (QED) is 0.683. The molecule has 1 rings (SSSR count). The van der Waals surface area contributed by atoms with Crippen molar-refractivity contribution in [3.05, 3.63) is 47.7 Å². The fourth-order valence-corrected chi connectivity index (χ4v) is 13.8. The van der Waals surface area contributed by atoms with Gasteiger partial charge < -0.3 is 13.5 Å². The van der Waals surface area contributed by atoms with Gasteiger partial charge in [-0.05, 0) is 63.7 Å². The Morgan fingerprint density at radius 3 is 1.92 bits per heavy atom. The van der Waals surface area contributed by atoms with E-state index >= 15 is 0 Å². The molecule has 0 radical (unpaired) electrons. The summed E-state index contributed by atoms with van der Waals surface area (Å²) in [5, 5.41) is 2.91. The molecule has 0 saturated carbocycles. The molecule has 0 fully saturated rings. The van der Waals surface area contributed by atoms with Gasteiger partial charge in [-0.25, -0.2) is 0 Å². The highest BCUT2D eigenvalue weighted by molar-refractivity contribution is 6.89. The van der Waals surface area contributed by atoms with Crippen LogP contribution in [0.2, 0.25) is 45.8 Å². The van der Waals surface area contributed by atoms with E-state index in [2.05, 4.69) is 56.8 Å². The number of hydrogen-bond donors (Lipinski definition) is 1. The van der Waals surface area contributed by atoms with Gasteiger partial charge in [-0.3, -0.25) is 4.79 Å². The molecule has 4 nitrogen and oxygen atoms in total. The highest BCUT2D eigenvalue weighted by atomic mass is 28.5. The molecule has 134 valence electrons. The summed E-state index contributed by atoms with van der Waals surface area (Å²) < 4.78 is 12.8. The SMILES string of the molecule is C[Si](C)(C)O[Si](C)(C=CCNC(=O)c1ccccc1)O[Si](C)(C)C. The maximum atomic E-state index is 12.0. The fourth-order valence-electron chi connectivity index (χ4n) is 2.42. The van der Waals surface area contributed by atoms with Crippen LogP contribution in [0.3, 0.4) is 0 Å². The zero-order valence-corrected chi connectivity index (χ0v) is 19.0. The van der Waals surface area contributed by atoms with E-state index in [-0.39, 0.29) is 5.91 Å². The Morgan fingerprint density at radius 1 is 0.958 bits per heavy atom. The lowest BCUT2D eigenvalue weighted by molar-refractivity contribution is 0.0958. The average molecular weight is 382 g/mol. The fraction of sp³-hybridized carbons (Fsp3) is 0.471. The van der Waals surface area contributed by atoms with Crippen LogP contribution in [-0.4, -0.2) is 37.6 Å². The lowest BCUT2D eigenvalue weighted by Gasteiger charge is -2.36. The summed E-state index contributed by atoms with van der Waals surface area (Å²) >= 11 is 0. The van der Waals surface area contributed by atoms with E-state index in [1.807, 2.05) is 24.3 Å². The van der Waals surface area contributed by atoms with Crippen LogP contribution in [0.1, 0.15) is 10.4 Å². The van der Waals surface area contributed by atoms with Crippen LogP contribution in [0.5, 0.6) is 0 Å². The smallest absolute Gasteiger partial charge is 0.341 e. The summed E-state index contributed by atoms with van der Waals surface area (Å²) in [6, 6.07) is 9.23. The van der Waals surface area contributed by atoms with Crippen molar-refractivity contribution in [3.8, 4) is 0 Å². The first-order valence-corrected chi connectivity index (χ1v) is 17.5. The van der Waals surface area contributed by atoms with Gasteiger partial charge in [-0.15, -0.1) is 0 Å². The van der Waals surface area contributed by atoms with Gasteiger partial charge in [0.05, 0.1) is 0 Å². The van der Waals surface area contributed by atoms with E-state index in [0.29, 0.717) is 12.1 Å². The summed E-state index contributed by atoms with van der Waals surface area (Å²) in [7, 11) is -5.79. The van der Waals surface area contributed by atoms with Crippen LogP contribution < -0.4 is 5.32 Å². The number of carbonyl (C=O) groups excluding carboxylic acids is 1.